The molecule has 0 radical (unpaired) electrons. The Kier molecular flexibility index (Phi) is 4.96. The molecule has 0 unspecified atom stereocenters. The molecule has 0 bridgehead atoms. The van der Waals surface area contributed by atoms with Gasteiger partial charge < -0.3 is 4.98 Å². The fourth-order valence-corrected chi connectivity index (χ4v) is 2.33. The number of imidazole rings is 1. The van der Waals surface area contributed by atoms with Crippen LogP contribution in [-0.4, -0.2) is 19.1 Å². The minimum atomic E-state index is -4.70. The van der Waals surface area contributed by atoms with E-state index in [0.29, 0.717) is 12.8 Å². The first-order valence-corrected chi connectivity index (χ1v) is 7.61. The molecule has 1 N–H and O–H groups in total. The molecule has 9 heteroatoms. The molecule has 0 aliphatic rings. The first kappa shape index (κ1) is 17.3. The highest BCUT2D eigenvalue weighted by Gasteiger charge is 2.36. The molecule has 0 atom stereocenters. The molecule has 0 aliphatic heterocycles. The Hall–Kier alpha value is -2.06. The van der Waals surface area contributed by atoms with Crippen LogP contribution in [0.3, 0.4) is 0 Å². The first-order valence-electron chi connectivity index (χ1n) is 7.61. The van der Waals surface area contributed by atoms with Crippen LogP contribution in [0.25, 0.3) is 11.2 Å². The number of hydrogen-bond acceptors (Lipinski definition) is 3. The van der Waals surface area contributed by atoms with Gasteiger partial charge >= 0.3 is 11.9 Å². The smallest absolute Gasteiger partial charge is 0.328 e. The van der Waals surface area contributed by atoms with Crippen molar-refractivity contribution in [1.82, 2.24) is 19.1 Å². The maximum absolute atomic E-state index is 12.9. The van der Waals surface area contributed by atoms with Crippen molar-refractivity contribution in [3.8, 4) is 0 Å². The maximum atomic E-state index is 12.9. The molecular formula is C14H19F3N4O2. The molecule has 2 aromatic heterocycles. The Bertz CT molecular complexity index is 801. The predicted octanol–water partition coefficient (Wildman–Crippen LogP) is 2.51. The van der Waals surface area contributed by atoms with Crippen molar-refractivity contribution in [3.63, 3.8) is 0 Å². The zero-order valence-electron chi connectivity index (χ0n) is 13.0. The SMILES string of the molecule is CCCCn1c(=O)c2[nH]c(C(F)(F)F)nc2n(CCCC)c1=O. The number of alkyl halides is 3. The van der Waals surface area contributed by atoms with E-state index in [4.69, 9.17) is 0 Å². The van der Waals surface area contributed by atoms with Crippen molar-refractivity contribution in [1.29, 1.82) is 0 Å². The number of nitrogens with one attached hydrogen (secondary N) is 1. The third-order valence-corrected chi connectivity index (χ3v) is 3.60. The Labute approximate surface area is 130 Å². The molecular weight excluding hydrogens is 313 g/mol. The van der Waals surface area contributed by atoms with E-state index < -0.39 is 23.2 Å². The lowest BCUT2D eigenvalue weighted by atomic mass is 10.3. The summed E-state index contributed by atoms with van der Waals surface area (Å²) in [6, 6.07) is 0. The van der Waals surface area contributed by atoms with Crippen molar-refractivity contribution < 1.29 is 13.2 Å². The summed E-state index contributed by atoms with van der Waals surface area (Å²) in [7, 11) is 0. The lowest BCUT2D eigenvalue weighted by Gasteiger charge is -2.10. The number of fused-ring (bicyclic) bond motifs is 1. The van der Waals surface area contributed by atoms with Crippen molar-refractivity contribution >= 4 is 11.2 Å². The number of aromatic nitrogens is 4. The molecule has 6 nitrogen and oxygen atoms in total. The summed E-state index contributed by atoms with van der Waals surface area (Å²) >= 11 is 0. The van der Waals surface area contributed by atoms with Crippen LogP contribution in [0.15, 0.2) is 9.59 Å². The summed E-state index contributed by atoms with van der Waals surface area (Å²) in [5.41, 5.74) is -1.86. The van der Waals surface area contributed by atoms with Gasteiger partial charge in [-0.25, -0.2) is 9.78 Å². The third kappa shape index (κ3) is 3.32. The standard InChI is InChI=1S/C14H19F3N4O2/c1-3-5-7-20-10-9(18-12(19-10)14(15,16)17)11(22)21(13(20)23)8-6-4-2/h3-8H2,1-2H3,(H,18,19). The second-order valence-corrected chi connectivity index (χ2v) is 5.38. The van der Waals surface area contributed by atoms with Crippen LogP contribution < -0.4 is 11.2 Å². The highest BCUT2D eigenvalue weighted by atomic mass is 19.4. The van der Waals surface area contributed by atoms with Crippen LogP contribution in [0.5, 0.6) is 0 Å². The molecule has 2 rings (SSSR count). The molecule has 2 heterocycles. The first-order chi connectivity index (χ1) is 10.8. The minimum absolute atomic E-state index is 0.177. The highest BCUT2D eigenvalue weighted by molar-refractivity contribution is 5.70. The zero-order valence-corrected chi connectivity index (χ0v) is 13.0. The van der Waals surface area contributed by atoms with Crippen molar-refractivity contribution in [2.75, 3.05) is 0 Å². The highest BCUT2D eigenvalue weighted by Crippen LogP contribution is 2.27. The van der Waals surface area contributed by atoms with Gasteiger partial charge in [0.25, 0.3) is 5.56 Å². The van der Waals surface area contributed by atoms with Gasteiger partial charge in [-0.15, -0.1) is 0 Å². The molecule has 0 spiro atoms. The molecule has 0 aliphatic carbocycles. The van der Waals surface area contributed by atoms with E-state index in [1.807, 2.05) is 18.8 Å². The Balaban J connectivity index is 2.74. The second kappa shape index (κ2) is 6.59. The third-order valence-electron chi connectivity index (χ3n) is 3.60. The van der Waals surface area contributed by atoms with Gasteiger partial charge in [-0.2, -0.15) is 13.2 Å². The Morgan fingerprint density at radius 2 is 1.61 bits per heavy atom. The summed E-state index contributed by atoms with van der Waals surface area (Å²) in [4.78, 5) is 30.3. The molecule has 0 saturated heterocycles. The number of unbranched alkanes of at least 4 members (excludes halogenated alkanes) is 2. The average Bonchev–Trinajstić information content (AvgIpc) is 2.92. The fraction of sp³-hybridized carbons (Fsp3) is 0.643. The lowest BCUT2D eigenvalue weighted by Crippen LogP contribution is -2.40. The van der Waals surface area contributed by atoms with Crippen LogP contribution in [0, 0.1) is 0 Å². The van der Waals surface area contributed by atoms with Gasteiger partial charge in [-0.05, 0) is 12.8 Å². The van der Waals surface area contributed by atoms with Gasteiger partial charge in [0.2, 0.25) is 5.82 Å². The summed E-state index contributed by atoms with van der Waals surface area (Å²) < 4.78 is 40.7. The van der Waals surface area contributed by atoms with Crippen LogP contribution >= 0.6 is 0 Å². The molecule has 23 heavy (non-hydrogen) atoms. The van der Waals surface area contributed by atoms with Crippen molar-refractivity contribution in [2.45, 2.75) is 58.8 Å². The summed E-state index contributed by atoms with van der Waals surface area (Å²) in [6.45, 7) is 4.20. The van der Waals surface area contributed by atoms with Crippen LogP contribution in [-0.2, 0) is 19.3 Å². The van der Waals surface area contributed by atoms with Gasteiger partial charge in [0, 0.05) is 13.1 Å². The second-order valence-electron chi connectivity index (χ2n) is 5.38. The Morgan fingerprint density at radius 3 is 2.13 bits per heavy atom. The number of H-pyrrole nitrogens is 1. The van der Waals surface area contributed by atoms with E-state index >= 15 is 0 Å². The number of hydrogen-bond donors (Lipinski definition) is 1. The quantitative estimate of drug-likeness (QED) is 0.883. The largest absolute Gasteiger partial charge is 0.449 e. The van der Waals surface area contributed by atoms with Gasteiger partial charge in [-0.3, -0.25) is 13.9 Å². The molecule has 2 aromatic rings. The number of nitrogens with zero attached hydrogens (tertiary/aromatic N) is 3. The van der Waals surface area contributed by atoms with Gasteiger partial charge in [0.05, 0.1) is 0 Å². The molecule has 0 amide bonds. The lowest BCUT2D eigenvalue weighted by molar-refractivity contribution is -0.144. The van der Waals surface area contributed by atoms with Crippen LogP contribution in [0.2, 0.25) is 0 Å². The average molecular weight is 332 g/mol. The van der Waals surface area contributed by atoms with E-state index in [1.54, 1.807) is 0 Å². The molecule has 0 saturated carbocycles. The number of aromatic amines is 1. The fourth-order valence-electron chi connectivity index (χ4n) is 2.33. The van der Waals surface area contributed by atoms with Crippen LogP contribution in [0.4, 0.5) is 13.2 Å². The van der Waals surface area contributed by atoms with Gasteiger partial charge in [-0.1, -0.05) is 26.7 Å². The van der Waals surface area contributed by atoms with E-state index in [-0.39, 0.29) is 24.3 Å². The number of rotatable bonds is 6. The van der Waals surface area contributed by atoms with E-state index in [1.165, 1.54) is 0 Å². The monoisotopic (exact) mass is 332 g/mol. The molecule has 0 aromatic carbocycles. The normalized spacial score (nSPS) is 12.2. The molecule has 0 fully saturated rings. The van der Waals surface area contributed by atoms with Gasteiger partial charge in [0.1, 0.15) is 5.52 Å². The number of aryl methyl sites for hydroxylation is 1. The zero-order chi connectivity index (χ0) is 17.2. The Morgan fingerprint density at radius 1 is 1.04 bits per heavy atom. The predicted molar refractivity (Wildman–Crippen MR) is 79.4 cm³/mol. The molecule has 128 valence electrons. The number of halogens is 3. The summed E-state index contributed by atoms with van der Waals surface area (Å²) in [5.74, 6) is -1.26. The van der Waals surface area contributed by atoms with E-state index in [9.17, 15) is 22.8 Å². The van der Waals surface area contributed by atoms with Crippen molar-refractivity contribution in [2.24, 2.45) is 0 Å². The maximum Gasteiger partial charge on any atom is 0.449 e. The topological polar surface area (TPSA) is 72.7 Å². The van der Waals surface area contributed by atoms with Crippen molar-refractivity contribution in [3.05, 3.63) is 26.7 Å². The minimum Gasteiger partial charge on any atom is -0.328 e. The van der Waals surface area contributed by atoms with E-state index in [2.05, 4.69) is 4.98 Å². The summed E-state index contributed by atoms with van der Waals surface area (Å²) in [5, 5.41) is 0. The van der Waals surface area contributed by atoms with E-state index in [0.717, 1.165) is 22.0 Å². The van der Waals surface area contributed by atoms with Gasteiger partial charge in [0.15, 0.2) is 5.65 Å². The summed E-state index contributed by atoms with van der Waals surface area (Å²) in [6.07, 6.45) is -1.98. The van der Waals surface area contributed by atoms with Crippen LogP contribution in [0.1, 0.15) is 45.4 Å².